The van der Waals surface area contributed by atoms with E-state index in [1.54, 1.807) is 6.92 Å². The normalized spacial score (nSPS) is 41.6. The third kappa shape index (κ3) is 2.50. The van der Waals surface area contributed by atoms with Gasteiger partial charge in [-0.25, -0.2) is 0 Å². The van der Waals surface area contributed by atoms with Gasteiger partial charge in [-0.2, -0.15) is 0 Å². The van der Waals surface area contributed by atoms with Gasteiger partial charge < -0.3 is 14.2 Å². The highest BCUT2D eigenvalue weighted by atomic mass is 16.6. The fourth-order valence-corrected chi connectivity index (χ4v) is 4.58. The summed E-state index contributed by atoms with van der Waals surface area (Å²) in [6, 6.07) is 0. The van der Waals surface area contributed by atoms with Crippen LogP contribution in [-0.2, 0) is 19.0 Å². The van der Waals surface area contributed by atoms with Crippen LogP contribution in [0.3, 0.4) is 0 Å². The molecule has 0 amide bonds. The predicted octanol–water partition coefficient (Wildman–Crippen LogP) is 3.50. The molecule has 0 aromatic rings. The Hall–Kier alpha value is -1.31. The maximum absolute atomic E-state index is 12.5. The monoisotopic (exact) mass is 334 g/mol. The third-order valence-corrected chi connectivity index (χ3v) is 5.68. The number of carbonyl (C=O) groups is 1. The topological polar surface area (TPSA) is 44.8 Å². The smallest absolute Gasteiger partial charge is 0.308 e. The van der Waals surface area contributed by atoms with E-state index in [9.17, 15) is 4.79 Å². The number of esters is 1. The highest BCUT2D eigenvalue weighted by molar-refractivity contribution is 5.74. The van der Waals surface area contributed by atoms with E-state index in [2.05, 4.69) is 25.3 Å². The summed E-state index contributed by atoms with van der Waals surface area (Å²) in [6.45, 7) is 14.9. The van der Waals surface area contributed by atoms with Gasteiger partial charge in [0.2, 0.25) is 5.60 Å². The van der Waals surface area contributed by atoms with Crippen molar-refractivity contribution in [1.82, 2.24) is 0 Å². The van der Waals surface area contributed by atoms with Crippen molar-refractivity contribution in [3.63, 3.8) is 0 Å². The first-order chi connectivity index (χ1) is 11.4. The van der Waals surface area contributed by atoms with Crippen LogP contribution in [-0.4, -0.2) is 36.5 Å². The zero-order valence-electron chi connectivity index (χ0n) is 15.6. The maximum atomic E-state index is 12.5. The molecular weight excluding hydrogens is 304 g/mol. The second kappa shape index (κ2) is 6.90. The van der Waals surface area contributed by atoms with Gasteiger partial charge in [0.15, 0.2) is 0 Å². The summed E-state index contributed by atoms with van der Waals surface area (Å²) in [5, 5.41) is 0. The van der Waals surface area contributed by atoms with E-state index in [4.69, 9.17) is 14.2 Å². The largest absolute Gasteiger partial charge is 0.440 e. The lowest BCUT2D eigenvalue weighted by Gasteiger charge is -2.62. The zero-order chi connectivity index (χ0) is 18.0. The Morgan fingerprint density at radius 3 is 2.67 bits per heavy atom. The Kier molecular flexibility index (Phi) is 5.47. The van der Waals surface area contributed by atoms with Crippen LogP contribution < -0.4 is 0 Å². The van der Waals surface area contributed by atoms with Gasteiger partial charge in [-0.15, -0.1) is 12.5 Å². The molecule has 4 nitrogen and oxygen atoms in total. The third-order valence-electron chi connectivity index (χ3n) is 5.68. The fourth-order valence-electron chi connectivity index (χ4n) is 4.58. The molecule has 0 spiro atoms. The van der Waals surface area contributed by atoms with Crippen LogP contribution in [0.5, 0.6) is 0 Å². The lowest BCUT2D eigenvalue weighted by molar-refractivity contribution is -0.296. The van der Waals surface area contributed by atoms with Crippen LogP contribution in [0.4, 0.5) is 0 Å². The molecule has 1 aliphatic carbocycles. The Morgan fingerprint density at radius 1 is 1.42 bits per heavy atom. The van der Waals surface area contributed by atoms with Crippen LogP contribution in [0.15, 0.2) is 12.7 Å². The molecule has 1 saturated heterocycles. The van der Waals surface area contributed by atoms with Gasteiger partial charge in [-0.05, 0) is 45.5 Å². The lowest BCUT2D eigenvalue weighted by Crippen LogP contribution is -2.76. The lowest BCUT2D eigenvalue weighted by atomic mass is 9.53. The van der Waals surface area contributed by atoms with Crippen molar-refractivity contribution in [2.75, 3.05) is 13.2 Å². The summed E-state index contributed by atoms with van der Waals surface area (Å²) >= 11 is 0. The molecule has 134 valence electrons. The Morgan fingerprint density at radius 2 is 2.12 bits per heavy atom. The minimum Gasteiger partial charge on any atom is -0.440 e. The molecule has 0 bridgehead atoms. The van der Waals surface area contributed by atoms with E-state index < -0.39 is 16.6 Å². The summed E-state index contributed by atoms with van der Waals surface area (Å²) in [7, 11) is 0. The van der Waals surface area contributed by atoms with E-state index >= 15 is 0 Å². The van der Waals surface area contributed by atoms with Crippen molar-refractivity contribution < 1.29 is 19.0 Å². The summed E-state index contributed by atoms with van der Waals surface area (Å²) in [4.78, 5) is 12.5. The average molecular weight is 334 g/mol. The predicted molar refractivity (Wildman–Crippen MR) is 93.4 cm³/mol. The number of hydrogen-bond acceptors (Lipinski definition) is 4. The minimum atomic E-state index is -1.11. The molecule has 0 radical (unpaired) electrons. The summed E-state index contributed by atoms with van der Waals surface area (Å²) in [5.74, 6) is 6.15. The first kappa shape index (κ1) is 19.0. The number of carbonyl (C=O) groups excluding carboxylic acids is 1. The van der Waals surface area contributed by atoms with Crippen LogP contribution in [0.25, 0.3) is 0 Å². The number of fused-ring (bicyclic) bond motifs is 1. The second-order valence-corrected chi connectivity index (χ2v) is 7.04. The van der Waals surface area contributed by atoms with Gasteiger partial charge in [0.1, 0.15) is 11.7 Å². The molecule has 24 heavy (non-hydrogen) atoms. The Bertz CT molecular complexity index is 560. The Labute approximate surface area is 145 Å². The van der Waals surface area contributed by atoms with Crippen molar-refractivity contribution in [1.29, 1.82) is 0 Å². The first-order valence-corrected chi connectivity index (χ1v) is 8.91. The molecule has 0 N–H and O–H groups in total. The van der Waals surface area contributed by atoms with Crippen molar-refractivity contribution in [2.24, 2.45) is 11.3 Å². The van der Waals surface area contributed by atoms with Crippen LogP contribution in [0.2, 0.25) is 0 Å². The van der Waals surface area contributed by atoms with Crippen LogP contribution >= 0.6 is 0 Å². The van der Waals surface area contributed by atoms with Gasteiger partial charge in [0, 0.05) is 18.6 Å². The Balaban J connectivity index is 2.76. The SMILES string of the molecule is C=C[C@@]1(C)CC(=O)OC2(C#CC)C(OCC)C(C)CC[C@]21OCC. The van der Waals surface area contributed by atoms with Crippen LogP contribution in [0.1, 0.15) is 53.9 Å². The quantitative estimate of drug-likeness (QED) is 0.438. The molecular formula is C20H30O4. The summed E-state index contributed by atoms with van der Waals surface area (Å²) in [5.41, 5.74) is -2.42. The molecule has 2 rings (SSSR count). The summed E-state index contributed by atoms with van der Waals surface area (Å²) in [6.07, 6.45) is 3.46. The van der Waals surface area contributed by atoms with Crippen LogP contribution in [0, 0.1) is 23.2 Å². The van der Waals surface area contributed by atoms with Gasteiger partial charge >= 0.3 is 5.97 Å². The zero-order valence-corrected chi connectivity index (χ0v) is 15.6. The van der Waals surface area contributed by atoms with E-state index in [-0.39, 0.29) is 24.4 Å². The molecule has 2 aliphatic rings. The van der Waals surface area contributed by atoms with Crippen molar-refractivity contribution in [3.05, 3.63) is 12.7 Å². The highest BCUT2D eigenvalue weighted by Crippen LogP contribution is 2.59. The molecule has 5 atom stereocenters. The molecule has 3 unspecified atom stereocenters. The van der Waals surface area contributed by atoms with Gasteiger partial charge in [-0.3, -0.25) is 4.79 Å². The number of hydrogen-bond donors (Lipinski definition) is 0. The first-order valence-electron chi connectivity index (χ1n) is 8.91. The van der Waals surface area contributed by atoms with Gasteiger partial charge in [0.25, 0.3) is 0 Å². The average Bonchev–Trinajstić information content (AvgIpc) is 2.53. The molecule has 0 aromatic heterocycles. The number of rotatable bonds is 5. The van der Waals surface area contributed by atoms with Gasteiger partial charge in [-0.1, -0.05) is 19.9 Å². The molecule has 1 heterocycles. The van der Waals surface area contributed by atoms with E-state index in [1.165, 1.54) is 0 Å². The number of ether oxygens (including phenoxy) is 3. The minimum absolute atomic E-state index is 0.222. The fraction of sp³-hybridized carbons (Fsp3) is 0.750. The van der Waals surface area contributed by atoms with Crippen molar-refractivity contribution in [2.45, 2.75) is 71.2 Å². The molecule has 1 saturated carbocycles. The molecule has 1 aliphatic heterocycles. The van der Waals surface area contributed by atoms with Gasteiger partial charge in [0.05, 0.1) is 6.42 Å². The van der Waals surface area contributed by atoms with E-state index in [1.807, 2.05) is 26.8 Å². The van der Waals surface area contributed by atoms with E-state index in [0.717, 1.165) is 12.8 Å². The maximum Gasteiger partial charge on any atom is 0.308 e. The highest BCUT2D eigenvalue weighted by Gasteiger charge is 2.72. The second-order valence-electron chi connectivity index (χ2n) is 7.04. The van der Waals surface area contributed by atoms with E-state index in [0.29, 0.717) is 13.2 Å². The standard InChI is InChI=1S/C20H30O4/c1-7-12-19-17(22-9-3)15(5)11-13-20(19,23-10-4)18(6,8-2)14-16(21)24-19/h8,15,17H,2,9-11,13-14H2,1,3-6H3/t15?,17?,18-,19?,20+/m0/s1. The van der Waals surface area contributed by atoms with Crippen molar-refractivity contribution >= 4 is 5.97 Å². The molecule has 0 aromatic carbocycles. The molecule has 4 heteroatoms. The summed E-state index contributed by atoms with van der Waals surface area (Å²) < 4.78 is 18.5. The van der Waals surface area contributed by atoms with Crippen molar-refractivity contribution in [3.8, 4) is 11.8 Å². The molecule has 2 fully saturated rings.